The van der Waals surface area contributed by atoms with E-state index >= 15 is 0 Å². The molecule has 0 amide bonds. The number of rotatable bonds is 4. The molecule has 0 bridgehead atoms. The minimum absolute atomic E-state index is 0.0531. The van der Waals surface area contributed by atoms with E-state index in [9.17, 15) is 0 Å². The second-order valence-corrected chi connectivity index (χ2v) is 17.4. The van der Waals surface area contributed by atoms with Crippen LogP contribution in [0, 0.1) is 0 Å². The van der Waals surface area contributed by atoms with Gasteiger partial charge in [0.05, 0.1) is 0 Å². The number of aromatic nitrogens is 2. The van der Waals surface area contributed by atoms with Crippen LogP contribution >= 0.6 is 0 Å². The van der Waals surface area contributed by atoms with Crippen molar-refractivity contribution in [2.24, 2.45) is 0 Å². The van der Waals surface area contributed by atoms with Crippen molar-refractivity contribution < 1.29 is 0 Å². The molecule has 0 atom stereocenters. The Morgan fingerprint density at radius 3 is 1.09 bits per heavy atom. The van der Waals surface area contributed by atoms with Crippen molar-refractivity contribution in [2.75, 3.05) is 0 Å². The van der Waals surface area contributed by atoms with Crippen molar-refractivity contribution in [3.63, 3.8) is 0 Å². The molecule has 0 aliphatic heterocycles. The van der Waals surface area contributed by atoms with Crippen molar-refractivity contribution in [1.82, 2.24) is 9.97 Å². The van der Waals surface area contributed by atoms with Crippen LogP contribution in [-0.2, 0) is 10.8 Å². The average molecular weight is 741 g/mol. The van der Waals surface area contributed by atoms with Gasteiger partial charge in [-0.2, -0.15) is 0 Å². The van der Waals surface area contributed by atoms with E-state index < -0.39 is 0 Å². The van der Waals surface area contributed by atoms with Crippen LogP contribution in [0.4, 0.5) is 0 Å². The highest BCUT2D eigenvalue weighted by Gasteiger charge is 2.36. The lowest BCUT2D eigenvalue weighted by molar-refractivity contribution is 0.660. The highest BCUT2D eigenvalue weighted by molar-refractivity contribution is 6.32. The SMILES string of the molecule is CC1(C)c2ccccc2-c2cc(-c3cc(-c4cccnc4)c4ccc5c(-c6ccc7c(c6)-c6ccccc6C7(C)C)cc(-c6cccnc6)c6ccc3c4c65)ccc21. The zero-order valence-corrected chi connectivity index (χ0v) is 33.1. The molecule has 0 radical (unpaired) electrons. The third-order valence-corrected chi connectivity index (χ3v) is 13.6. The average Bonchev–Trinajstić information content (AvgIpc) is 3.64. The van der Waals surface area contributed by atoms with Gasteiger partial charge in [0.25, 0.3) is 0 Å². The van der Waals surface area contributed by atoms with Crippen molar-refractivity contribution in [3.8, 4) is 66.8 Å². The standard InChI is InChI=1S/C56H40N2/c1-55(2)49-15-7-5-13-37(49)47-27-33(17-23-51(47)55)43-29-45(35-11-9-25-57-31-35)41-22-20-40-44(34-18-24-52-48(28-34)38-14-6-8-16-50(38)56(52,3)4)30-46(36-12-10-26-58-32-36)42-21-19-39(43)53(41)54(40)42/h5-32H,1-4H3. The van der Waals surface area contributed by atoms with Crippen LogP contribution in [0.5, 0.6) is 0 Å². The van der Waals surface area contributed by atoms with Gasteiger partial charge in [-0.3, -0.25) is 9.97 Å². The van der Waals surface area contributed by atoms with Crippen LogP contribution in [0.15, 0.2) is 170 Å². The lowest BCUT2D eigenvalue weighted by Crippen LogP contribution is -2.14. The Labute approximate surface area is 338 Å². The Bertz CT molecular complexity index is 3090. The summed E-state index contributed by atoms with van der Waals surface area (Å²) >= 11 is 0. The monoisotopic (exact) mass is 740 g/mol. The van der Waals surface area contributed by atoms with Gasteiger partial charge in [0.1, 0.15) is 0 Å². The molecule has 0 spiro atoms. The number of benzene rings is 8. The molecule has 0 saturated carbocycles. The van der Waals surface area contributed by atoms with E-state index in [0.717, 1.165) is 11.1 Å². The molecular weight excluding hydrogens is 701 g/mol. The van der Waals surface area contributed by atoms with Gasteiger partial charge in [-0.1, -0.05) is 137 Å². The molecule has 0 fully saturated rings. The summed E-state index contributed by atoms with van der Waals surface area (Å²) in [6, 6.07) is 54.9. The number of fused-ring (bicyclic) bond motifs is 6. The fourth-order valence-corrected chi connectivity index (χ4v) is 10.8. The normalized spacial score (nSPS) is 14.5. The van der Waals surface area contributed by atoms with Crippen LogP contribution in [-0.4, -0.2) is 9.97 Å². The van der Waals surface area contributed by atoms with Gasteiger partial charge in [0, 0.05) is 46.7 Å². The minimum Gasteiger partial charge on any atom is -0.264 e. The quantitative estimate of drug-likeness (QED) is 0.168. The molecule has 0 unspecified atom stereocenters. The predicted octanol–water partition coefficient (Wildman–Crippen LogP) is 14.7. The first-order valence-corrected chi connectivity index (χ1v) is 20.4. The molecule has 2 aromatic heterocycles. The third-order valence-electron chi connectivity index (χ3n) is 13.6. The second-order valence-electron chi connectivity index (χ2n) is 17.4. The maximum Gasteiger partial charge on any atom is 0.0346 e. The van der Waals surface area contributed by atoms with Crippen molar-refractivity contribution in [2.45, 2.75) is 38.5 Å². The first kappa shape index (κ1) is 33.3. The number of hydrogen-bond donors (Lipinski definition) is 0. The third kappa shape index (κ3) is 4.49. The molecule has 2 nitrogen and oxygen atoms in total. The zero-order valence-electron chi connectivity index (χ0n) is 33.1. The Morgan fingerprint density at radius 1 is 0.310 bits per heavy atom. The Kier molecular flexibility index (Phi) is 6.78. The number of pyridine rings is 2. The summed E-state index contributed by atoms with van der Waals surface area (Å²) < 4.78 is 0. The van der Waals surface area contributed by atoms with Gasteiger partial charge >= 0.3 is 0 Å². The molecular formula is C56H40N2. The lowest BCUT2D eigenvalue weighted by atomic mass is 9.80. The van der Waals surface area contributed by atoms with Crippen molar-refractivity contribution in [1.29, 1.82) is 0 Å². The van der Waals surface area contributed by atoms with Crippen LogP contribution in [0.3, 0.4) is 0 Å². The molecule has 274 valence electrons. The van der Waals surface area contributed by atoms with Crippen LogP contribution in [0.2, 0.25) is 0 Å². The number of nitrogens with zero attached hydrogens (tertiary/aromatic N) is 2. The van der Waals surface area contributed by atoms with E-state index in [1.54, 1.807) is 0 Å². The topological polar surface area (TPSA) is 25.8 Å². The van der Waals surface area contributed by atoms with Gasteiger partial charge < -0.3 is 0 Å². The van der Waals surface area contributed by atoms with E-state index in [1.165, 1.54) is 110 Å². The molecule has 8 aromatic carbocycles. The summed E-state index contributed by atoms with van der Waals surface area (Å²) in [5, 5.41) is 7.54. The van der Waals surface area contributed by atoms with Gasteiger partial charge in [0.15, 0.2) is 0 Å². The van der Waals surface area contributed by atoms with E-state index in [0.29, 0.717) is 0 Å². The molecule has 58 heavy (non-hydrogen) atoms. The highest BCUT2D eigenvalue weighted by Crippen LogP contribution is 2.54. The molecule has 2 heterocycles. The summed E-state index contributed by atoms with van der Waals surface area (Å²) in [4.78, 5) is 9.23. The summed E-state index contributed by atoms with van der Waals surface area (Å²) in [6.07, 6.45) is 7.74. The first-order valence-electron chi connectivity index (χ1n) is 20.4. The molecule has 2 heteroatoms. The molecule has 0 N–H and O–H groups in total. The second kappa shape index (κ2) is 11.8. The lowest BCUT2D eigenvalue weighted by Gasteiger charge is -2.23. The van der Waals surface area contributed by atoms with Crippen molar-refractivity contribution in [3.05, 3.63) is 193 Å². The Morgan fingerprint density at radius 2 is 0.690 bits per heavy atom. The summed E-state index contributed by atoms with van der Waals surface area (Å²) in [5.74, 6) is 0. The Hall–Kier alpha value is -6.90. The number of hydrogen-bond acceptors (Lipinski definition) is 2. The van der Waals surface area contributed by atoms with E-state index in [-0.39, 0.29) is 10.8 Å². The van der Waals surface area contributed by atoms with Gasteiger partial charge in [0.2, 0.25) is 0 Å². The molecule has 2 aliphatic rings. The van der Waals surface area contributed by atoms with E-state index in [1.807, 2.05) is 36.9 Å². The molecule has 12 rings (SSSR count). The van der Waals surface area contributed by atoms with Crippen LogP contribution in [0.25, 0.3) is 99.1 Å². The summed E-state index contributed by atoms with van der Waals surface area (Å²) in [6.45, 7) is 9.41. The van der Waals surface area contributed by atoms with Gasteiger partial charge in [-0.25, -0.2) is 0 Å². The van der Waals surface area contributed by atoms with Gasteiger partial charge in [-0.15, -0.1) is 0 Å². The summed E-state index contributed by atoms with van der Waals surface area (Å²) in [7, 11) is 0. The maximum absolute atomic E-state index is 4.62. The maximum atomic E-state index is 4.62. The van der Waals surface area contributed by atoms with E-state index in [2.05, 4.69) is 171 Å². The van der Waals surface area contributed by atoms with Crippen LogP contribution < -0.4 is 0 Å². The molecule has 0 saturated heterocycles. The van der Waals surface area contributed by atoms with Gasteiger partial charge in [-0.05, 0) is 147 Å². The zero-order chi connectivity index (χ0) is 38.9. The largest absolute Gasteiger partial charge is 0.264 e. The Balaban J connectivity index is 1.19. The van der Waals surface area contributed by atoms with Crippen LogP contribution in [0.1, 0.15) is 49.9 Å². The minimum atomic E-state index is -0.0531. The van der Waals surface area contributed by atoms with Crippen molar-refractivity contribution >= 4 is 32.3 Å². The fourth-order valence-electron chi connectivity index (χ4n) is 10.8. The predicted molar refractivity (Wildman–Crippen MR) is 243 cm³/mol. The smallest absolute Gasteiger partial charge is 0.0346 e. The highest BCUT2D eigenvalue weighted by atomic mass is 14.6. The van der Waals surface area contributed by atoms with E-state index in [4.69, 9.17) is 0 Å². The fraction of sp³-hybridized carbons (Fsp3) is 0.107. The first-order chi connectivity index (χ1) is 28.3. The summed E-state index contributed by atoms with van der Waals surface area (Å²) in [5.41, 5.74) is 20.3. The molecule has 2 aliphatic carbocycles. The molecule has 10 aromatic rings.